The van der Waals surface area contributed by atoms with E-state index in [-0.39, 0.29) is 6.03 Å². The number of hydrogen-bond acceptors (Lipinski definition) is 2. The van der Waals surface area contributed by atoms with Gasteiger partial charge in [0, 0.05) is 24.6 Å². The molecule has 2 aromatic rings. The Bertz CT molecular complexity index is 523. The van der Waals surface area contributed by atoms with Crippen LogP contribution in [0.15, 0.2) is 48.8 Å². The average molecular weight is 255 g/mol. The van der Waals surface area contributed by atoms with Gasteiger partial charge in [-0.3, -0.25) is 4.98 Å². The summed E-state index contributed by atoms with van der Waals surface area (Å²) in [7, 11) is 0. The summed E-state index contributed by atoms with van der Waals surface area (Å²) in [4.78, 5) is 15.6. The van der Waals surface area contributed by atoms with E-state index in [4.69, 9.17) is 0 Å². The molecule has 19 heavy (non-hydrogen) atoms. The molecule has 2 amide bonds. The van der Waals surface area contributed by atoms with Crippen molar-refractivity contribution in [3.05, 3.63) is 59.9 Å². The van der Waals surface area contributed by atoms with Crippen molar-refractivity contribution in [2.24, 2.45) is 0 Å². The third-order valence-corrected chi connectivity index (χ3v) is 2.82. The van der Waals surface area contributed by atoms with E-state index in [1.807, 2.05) is 36.4 Å². The molecule has 0 bridgehead atoms. The molecule has 0 atom stereocenters. The maximum absolute atomic E-state index is 11.7. The van der Waals surface area contributed by atoms with E-state index in [0.29, 0.717) is 6.54 Å². The van der Waals surface area contributed by atoms with Gasteiger partial charge < -0.3 is 10.6 Å². The maximum Gasteiger partial charge on any atom is 0.319 e. The predicted octanol–water partition coefficient (Wildman–Crippen LogP) is 2.97. The summed E-state index contributed by atoms with van der Waals surface area (Å²) in [5.74, 6) is 0. The molecular formula is C15H17N3O. The van der Waals surface area contributed by atoms with Gasteiger partial charge in [0.25, 0.3) is 0 Å². The third kappa shape index (κ3) is 4.10. The van der Waals surface area contributed by atoms with E-state index in [9.17, 15) is 4.79 Å². The minimum Gasteiger partial charge on any atom is -0.334 e. The molecule has 0 saturated heterocycles. The fourth-order valence-corrected chi connectivity index (χ4v) is 1.68. The minimum absolute atomic E-state index is 0.207. The topological polar surface area (TPSA) is 54.0 Å². The summed E-state index contributed by atoms with van der Waals surface area (Å²) in [5, 5.41) is 5.60. The SMILES string of the molecule is CCc1ccc(NC(=O)NCc2ccncc2)cc1. The zero-order valence-corrected chi connectivity index (χ0v) is 10.9. The van der Waals surface area contributed by atoms with E-state index in [2.05, 4.69) is 22.5 Å². The Morgan fingerprint density at radius 2 is 1.74 bits per heavy atom. The molecule has 0 fully saturated rings. The van der Waals surface area contributed by atoms with Crippen LogP contribution in [-0.2, 0) is 13.0 Å². The van der Waals surface area contributed by atoms with Gasteiger partial charge in [0.1, 0.15) is 0 Å². The first-order chi connectivity index (χ1) is 9.28. The molecule has 0 spiro atoms. The lowest BCUT2D eigenvalue weighted by Crippen LogP contribution is -2.28. The number of carbonyl (C=O) groups excluding carboxylic acids is 1. The quantitative estimate of drug-likeness (QED) is 0.882. The van der Waals surface area contributed by atoms with Crippen LogP contribution >= 0.6 is 0 Å². The second kappa shape index (κ2) is 6.54. The Labute approximate surface area is 112 Å². The molecule has 98 valence electrons. The number of nitrogens with one attached hydrogen (secondary N) is 2. The summed E-state index contributed by atoms with van der Waals surface area (Å²) < 4.78 is 0. The number of amides is 2. The van der Waals surface area contributed by atoms with Crippen LogP contribution in [0.4, 0.5) is 10.5 Å². The van der Waals surface area contributed by atoms with E-state index in [1.165, 1.54) is 5.56 Å². The lowest BCUT2D eigenvalue weighted by molar-refractivity contribution is 0.251. The van der Waals surface area contributed by atoms with Crippen molar-refractivity contribution in [2.45, 2.75) is 19.9 Å². The van der Waals surface area contributed by atoms with Gasteiger partial charge in [-0.25, -0.2) is 4.79 Å². The maximum atomic E-state index is 11.7. The Morgan fingerprint density at radius 3 is 2.37 bits per heavy atom. The largest absolute Gasteiger partial charge is 0.334 e. The van der Waals surface area contributed by atoms with Crippen LogP contribution in [0.3, 0.4) is 0 Å². The number of rotatable bonds is 4. The molecule has 0 aliphatic rings. The fourth-order valence-electron chi connectivity index (χ4n) is 1.68. The summed E-state index contributed by atoms with van der Waals surface area (Å²) in [6.07, 6.45) is 4.41. The highest BCUT2D eigenvalue weighted by atomic mass is 16.2. The Morgan fingerprint density at radius 1 is 1.05 bits per heavy atom. The number of anilines is 1. The average Bonchev–Trinajstić information content (AvgIpc) is 2.47. The number of hydrogen-bond donors (Lipinski definition) is 2. The first kappa shape index (κ1) is 13.1. The van der Waals surface area contributed by atoms with Gasteiger partial charge >= 0.3 is 6.03 Å². The zero-order valence-electron chi connectivity index (χ0n) is 10.9. The molecule has 0 radical (unpaired) electrons. The van der Waals surface area contributed by atoms with Crippen LogP contribution < -0.4 is 10.6 Å². The van der Waals surface area contributed by atoms with Crippen molar-refractivity contribution < 1.29 is 4.79 Å². The van der Waals surface area contributed by atoms with Gasteiger partial charge in [0.2, 0.25) is 0 Å². The number of nitrogens with zero attached hydrogens (tertiary/aromatic N) is 1. The number of carbonyl (C=O) groups is 1. The predicted molar refractivity (Wildman–Crippen MR) is 75.9 cm³/mol. The van der Waals surface area contributed by atoms with E-state index >= 15 is 0 Å². The molecule has 1 aromatic heterocycles. The Kier molecular flexibility index (Phi) is 4.50. The van der Waals surface area contributed by atoms with Crippen LogP contribution in [0.1, 0.15) is 18.1 Å². The van der Waals surface area contributed by atoms with E-state index in [1.54, 1.807) is 12.4 Å². The van der Waals surface area contributed by atoms with Gasteiger partial charge in [-0.05, 0) is 41.8 Å². The van der Waals surface area contributed by atoms with Crippen molar-refractivity contribution in [2.75, 3.05) is 5.32 Å². The molecule has 0 aliphatic carbocycles. The van der Waals surface area contributed by atoms with Gasteiger partial charge in [0.15, 0.2) is 0 Å². The Balaban J connectivity index is 1.83. The summed E-state index contributed by atoms with van der Waals surface area (Å²) in [5.41, 5.74) is 3.07. The molecule has 0 unspecified atom stereocenters. The van der Waals surface area contributed by atoms with Crippen LogP contribution in [0, 0.1) is 0 Å². The smallest absolute Gasteiger partial charge is 0.319 e. The molecule has 0 aliphatic heterocycles. The van der Waals surface area contributed by atoms with Crippen molar-refractivity contribution in [3.8, 4) is 0 Å². The second-order valence-electron chi connectivity index (χ2n) is 4.21. The minimum atomic E-state index is -0.207. The molecule has 0 saturated carbocycles. The van der Waals surface area contributed by atoms with Crippen LogP contribution in [0.5, 0.6) is 0 Å². The molecule has 1 heterocycles. The first-order valence-electron chi connectivity index (χ1n) is 6.30. The highest BCUT2D eigenvalue weighted by molar-refractivity contribution is 5.89. The van der Waals surface area contributed by atoms with Gasteiger partial charge in [-0.1, -0.05) is 19.1 Å². The normalized spacial score (nSPS) is 9.95. The number of benzene rings is 1. The van der Waals surface area contributed by atoms with Crippen LogP contribution in [0.2, 0.25) is 0 Å². The van der Waals surface area contributed by atoms with Crippen molar-refractivity contribution in [1.29, 1.82) is 0 Å². The summed E-state index contributed by atoms with van der Waals surface area (Å²) in [6.45, 7) is 2.59. The fraction of sp³-hybridized carbons (Fsp3) is 0.200. The van der Waals surface area contributed by atoms with E-state index < -0.39 is 0 Å². The van der Waals surface area contributed by atoms with Crippen molar-refractivity contribution in [1.82, 2.24) is 10.3 Å². The van der Waals surface area contributed by atoms with Gasteiger partial charge in [0.05, 0.1) is 0 Å². The van der Waals surface area contributed by atoms with Crippen LogP contribution in [0.25, 0.3) is 0 Å². The zero-order chi connectivity index (χ0) is 13.5. The number of aromatic nitrogens is 1. The molecule has 2 rings (SSSR count). The third-order valence-electron chi connectivity index (χ3n) is 2.82. The van der Waals surface area contributed by atoms with Crippen molar-refractivity contribution in [3.63, 3.8) is 0 Å². The highest BCUT2D eigenvalue weighted by Gasteiger charge is 2.01. The number of urea groups is 1. The summed E-state index contributed by atoms with van der Waals surface area (Å²) in [6, 6.07) is 11.4. The van der Waals surface area contributed by atoms with Crippen molar-refractivity contribution >= 4 is 11.7 Å². The lowest BCUT2D eigenvalue weighted by Gasteiger charge is -2.08. The Hall–Kier alpha value is -2.36. The first-order valence-corrected chi connectivity index (χ1v) is 6.30. The standard InChI is InChI=1S/C15H17N3O/c1-2-12-3-5-14(6-4-12)18-15(19)17-11-13-7-9-16-10-8-13/h3-10H,2,11H2,1H3,(H2,17,18,19). The molecule has 4 heteroatoms. The highest BCUT2D eigenvalue weighted by Crippen LogP contribution is 2.09. The van der Waals surface area contributed by atoms with Gasteiger partial charge in [-0.15, -0.1) is 0 Å². The number of aryl methyl sites for hydroxylation is 1. The lowest BCUT2D eigenvalue weighted by atomic mass is 10.1. The molecular weight excluding hydrogens is 238 g/mol. The van der Waals surface area contributed by atoms with Crippen LogP contribution in [-0.4, -0.2) is 11.0 Å². The monoisotopic (exact) mass is 255 g/mol. The second-order valence-corrected chi connectivity index (χ2v) is 4.21. The van der Waals surface area contributed by atoms with Gasteiger partial charge in [-0.2, -0.15) is 0 Å². The molecule has 1 aromatic carbocycles. The molecule has 2 N–H and O–H groups in total. The summed E-state index contributed by atoms with van der Waals surface area (Å²) >= 11 is 0. The molecule has 4 nitrogen and oxygen atoms in total. The van der Waals surface area contributed by atoms with E-state index in [0.717, 1.165) is 17.7 Å². The number of pyridine rings is 1.